The number of likely N-dealkylation sites (N-methyl/N-ethyl adjacent to an activating group) is 1. The summed E-state index contributed by atoms with van der Waals surface area (Å²) in [5.74, 6) is -2.76. The monoisotopic (exact) mass is 490 g/mol. The molecule has 1 fully saturated rings. The number of imidazole rings is 1. The maximum atomic E-state index is 13.0. The lowest BCUT2D eigenvalue weighted by Gasteiger charge is -2.34. The Balaban J connectivity index is 0.000000429. The van der Waals surface area contributed by atoms with Crippen LogP contribution in [-0.2, 0) is 18.4 Å². The highest BCUT2D eigenvalue weighted by molar-refractivity contribution is 5.87. The molecule has 2 N–H and O–H groups in total. The number of anilines is 1. The van der Waals surface area contributed by atoms with E-state index in [4.69, 9.17) is 16.5 Å². The number of nitrogens with zero attached hydrogens (tertiary/aromatic N) is 5. The first-order chi connectivity index (χ1) is 16.6. The van der Waals surface area contributed by atoms with E-state index in [1.165, 1.54) is 0 Å². The summed E-state index contributed by atoms with van der Waals surface area (Å²) in [4.78, 5) is 32.4. The molecule has 35 heavy (non-hydrogen) atoms. The maximum absolute atomic E-state index is 13.0. The number of pyridine rings is 1. The third-order valence-electron chi connectivity index (χ3n) is 5.84. The van der Waals surface area contributed by atoms with Gasteiger partial charge < -0.3 is 15.3 Å². The summed E-state index contributed by atoms with van der Waals surface area (Å²) in [7, 11) is 3.75. The Morgan fingerprint density at radius 1 is 1.31 bits per heavy atom. The van der Waals surface area contributed by atoms with Crippen LogP contribution in [0.25, 0.3) is 16.0 Å². The van der Waals surface area contributed by atoms with Crippen LogP contribution in [-0.4, -0.2) is 57.5 Å². The topological polar surface area (TPSA) is 96.8 Å². The number of benzene rings is 1. The molecule has 2 aromatic heterocycles. The molecule has 4 rings (SSSR count). The standard InChI is InChI=1S/C21H24N6O.C2HF3O2/c1-22-16-8-6-12-26(14-16)18-10-11-24-20-19(18)27(21(28)25(20)3)13-15-7-4-5-9-17(15)23-2;3-2(4,5)1(6)7/h4-5,7,9-11,16,22H,6,8,12-14H2,1,3H3;(H,6,7)/t16-;/m1./s1. The summed E-state index contributed by atoms with van der Waals surface area (Å²) < 4.78 is 35.1. The number of alkyl halides is 3. The minimum absolute atomic E-state index is 0.114. The first-order valence-corrected chi connectivity index (χ1v) is 10.8. The van der Waals surface area contributed by atoms with Crippen LogP contribution in [0.3, 0.4) is 0 Å². The molecule has 9 nitrogen and oxygen atoms in total. The Morgan fingerprint density at radius 2 is 2.00 bits per heavy atom. The van der Waals surface area contributed by atoms with Crippen LogP contribution in [0, 0.1) is 6.57 Å². The maximum Gasteiger partial charge on any atom is 0.490 e. The molecule has 0 aliphatic carbocycles. The molecule has 1 aliphatic rings. The Kier molecular flexibility index (Phi) is 7.81. The van der Waals surface area contributed by atoms with Crippen LogP contribution in [0.2, 0.25) is 0 Å². The molecule has 0 saturated carbocycles. The average molecular weight is 490 g/mol. The summed E-state index contributed by atoms with van der Waals surface area (Å²) in [6.45, 7) is 9.64. The van der Waals surface area contributed by atoms with E-state index in [1.54, 1.807) is 28.4 Å². The quantitative estimate of drug-likeness (QED) is 0.546. The van der Waals surface area contributed by atoms with Crippen molar-refractivity contribution in [1.29, 1.82) is 0 Å². The van der Waals surface area contributed by atoms with Gasteiger partial charge in [-0.1, -0.05) is 24.3 Å². The van der Waals surface area contributed by atoms with Crippen molar-refractivity contribution in [3.8, 4) is 0 Å². The zero-order chi connectivity index (χ0) is 25.8. The fourth-order valence-corrected chi connectivity index (χ4v) is 4.06. The van der Waals surface area contributed by atoms with Crippen LogP contribution in [0.5, 0.6) is 0 Å². The zero-order valence-electron chi connectivity index (χ0n) is 19.2. The van der Waals surface area contributed by atoms with E-state index in [0.29, 0.717) is 23.9 Å². The average Bonchev–Trinajstić information content (AvgIpc) is 3.09. The number of aliphatic carboxylic acids is 1. The highest BCUT2D eigenvalue weighted by Gasteiger charge is 2.38. The number of piperidine rings is 1. The minimum atomic E-state index is -5.08. The summed E-state index contributed by atoms with van der Waals surface area (Å²) in [5.41, 5.74) is 3.85. The number of aryl methyl sites for hydroxylation is 1. The van der Waals surface area contributed by atoms with E-state index in [9.17, 15) is 18.0 Å². The Hall–Kier alpha value is -3.85. The number of hydrogen-bond donors (Lipinski definition) is 2. The molecule has 0 spiro atoms. The van der Waals surface area contributed by atoms with Gasteiger partial charge in [-0.25, -0.2) is 19.4 Å². The molecule has 1 atom stereocenters. The van der Waals surface area contributed by atoms with E-state index in [0.717, 1.165) is 42.7 Å². The Morgan fingerprint density at radius 3 is 2.63 bits per heavy atom. The lowest BCUT2D eigenvalue weighted by molar-refractivity contribution is -0.192. The number of hydrogen-bond acceptors (Lipinski definition) is 5. The van der Waals surface area contributed by atoms with E-state index < -0.39 is 12.1 Å². The summed E-state index contributed by atoms with van der Waals surface area (Å²) >= 11 is 0. The predicted molar refractivity (Wildman–Crippen MR) is 125 cm³/mol. The van der Waals surface area contributed by atoms with Gasteiger partial charge in [0.25, 0.3) is 0 Å². The van der Waals surface area contributed by atoms with Gasteiger partial charge in [0.1, 0.15) is 5.52 Å². The van der Waals surface area contributed by atoms with Crippen LogP contribution in [0.4, 0.5) is 24.5 Å². The smallest absolute Gasteiger partial charge is 0.475 e. The van der Waals surface area contributed by atoms with Crippen molar-refractivity contribution in [1.82, 2.24) is 19.4 Å². The normalized spacial score (nSPS) is 15.9. The van der Waals surface area contributed by atoms with Gasteiger partial charge in [-0.15, -0.1) is 0 Å². The van der Waals surface area contributed by atoms with Crippen LogP contribution >= 0.6 is 0 Å². The highest BCUT2D eigenvalue weighted by Crippen LogP contribution is 2.29. The van der Waals surface area contributed by atoms with Crippen molar-refractivity contribution in [2.24, 2.45) is 7.05 Å². The van der Waals surface area contributed by atoms with Gasteiger partial charge in [-0.05, 0) is 31.5 Å². The molecule has 12 heteroatoms. The number of carbonyl (C=O) groups is 1. The molecule has 186 valence electrons. The number of aromatic nitrogens is 3. The van der Waals surface area contributed by atoms with Crippen molar-refractivity contribution in [2.75, 3.05) is 25.0 Å². The SMILES string of the molecule is O=C(O)C(F)(F)F.[C-]#[N+]c1ccccc1Cn1c(=O)n(C)c2nccc(N3CCC[C@@H](NC)C3)c21. The molecule has 0 radical (unpaired) electrons. The number of halogens is 3. The highest BCUT2D eigenvalue weighted by atomic mass is 19.4. The van der Waals surface area contributed by atoms with E-state index in [1.807, 2.05) is 31.3 Å². The summed E-state index contributed by atoms with van der Waals surface area (Å²) in [5, 5.41) is 10.5. The van der Waals surface area contributed by atoms with Crippen LogP contribution in [0.15, 0.2) is 41.3 Å². The molecule has 0 bridgehead atoms. The first-order valence-electron chi connectivity index (χ1n) is 10.8. The fourth-order valence-electron chi connectivity index (χ4n) is 4.06. The number of nitrogens with one attached hydrogen (secondary N) is 1. The molecular formula is C23H25F3N6O3. The van der Waals surface area contributed by atoms with Crippen molar-refractivity contribution in [3.05, 3.63) is 64.0 Å². The molecule has 3 heterocycles. The van der Waals surface area contributed by atoms with E-state index in [-0.39, 0.29) is 5.69 Å². The van der Waals surface area contributed by atoms with Crippen molar-refractivity contribution in [2.45, 2.75) is 31.6 Å². The largest absolute Gasteiger partial charge is 0.490 e. The lowest BCUT2D eigenvalue weighted by Crippen LogP contribution is -2.44. The van der Waals surface area contributed by atoms with Gasteiger partial charge in [0, 0.05) is 38.9 Å². The lowest BCUT2D eigenvalue weighted by atomic mass is 10.1. The molecule has 1 aromatic carbocycles. The molecule has 3 aromatic rings. The number of carboxylic acid groups (broad SMARTS) is 1. The number of fused-ring (bicyclic) bond motifs is 1. The van der Waals surface area contributed by atoms with Gasteiger partial charge in [-0.2, -0.15) is 13.2 Å². The second kappa shape index (κ2) is 10.6. The minimum Gasteiger partial charge on any atom is -0.475 e. The Labute approximate surface area is 199 Å². The molecule has 1 saturated heterocycles. The molecule has 0 unspecified atom stereocenters. The van der Waals surface area contributed by atoms with E-state index >= 15 is 0 Å². The number of rotatable bonds is 4. The van der Waals surface area contributed by atoms with Gasteiger partial charge in [-0.3, -0.25) is 9.13 Å². The van der Waals surface area contributed by atoms with Gasteiger partial charge in [0.05, 0.1) is 12.3 Å². The third-order valence-corrected chi connectivity index (χ3v) is 5.84. The van der Waals surface area contributed by atoms with Gasteiger partial charge in [0.2, 0.25) is 0 Å². The van der Waals surface area contributed by atoms with Crippen molar-refractivity contribution in [3.63, 3.8) is 0 Å². The summed E-state index contributed by atoms with van der Waals surface area (Å²) in [6.07, 6.45) is -1.05. The van der Waals surface area contributed by atoms with Crippen molar-refractivity contribution < 1.29 is 23.1 Å². The number of carboxylic acids is 1. The van der Waals surface area contributed by atoms with Gasteiger partial charge in [0.15, 0.2) is 11.3 Å². The molecular weight excluding hydrogens is 465 g/mol. The Bertz CT molecular complexity index is 1310. The second-order valence-electron chi connectivity index (χ2n) is 8.05. The second-order valence-corrected chi connectivity index (χ2v) is 8.05. The zero-order valence-corrected chi connectivity index (χ0v) is 19.2. The summed E-state index contributed by atoms with van der Waals surface area (Å²) in [6, 6.07) is 9.88. The molecule has 0 amide bonds. The van der Waals surface area contributed by atoms with Crippen LogP contribution in [0.1, 0.15) is 18.4 Å². The fraction of sp³-hybridized carbons (Fsp3) is 0.391. The predicted octanol–water partition coefficient (Wildman–Crippen LogP) is 3.16. The van der Waals surface area contributed by atoms with Crippen molar-refractivity contribution >= 4 is 28.5 Å². The van der Waals surface area contributed by atoms with Crippen LogP contribution < -0.4 is 15.9 Å². The number of para-hydroxylation sites is 1. The third kappa shape index (κ3) is 5.63. The first kappa shape index (κ1) is 25.8. The molecule has 1 aliphatic heterocycles. The van der Waals surface area contributed by atoms with E-state index in [2.05, 4.69) is 20.0 Å². The van der Waals surface area contributed by atoms with Gasteiger partial charge >= 0.3 is 17.8 Å².